The molecule has 0 spiro atoms. The van der Waals surface area contributed by atoms with Gasteiger partial charge in [-0.3, -0.25) is 10.1 Å². The van der Waals surface area contributed by atoms with Crippen LogP contribution in [0.25, 0.3) is 0 Å². The van der Waals surface area contributed by atoms with Gasteiger partial charge in [0.15, 0.2) is 0 Å². The Bertz CT molecular complexity index is 804. The maximum atomic E-state index is 12.6. The van der Waals surface area contributed by atoms with Crippen LogP contribution in [-0.2, 0) is 10.0 Å². The van der Waals surface area contributed by atoms with E-state index in [4.69, 9.17) is 0 Å². The van der Waals surface area contributed by atoms with E-state index in [0.29, 0.717) is 12.0 Å². The first-order chi connectivity index (χ1) is 10.8. The van der Waals surface area contributed by atoms with Gasteiger partial charge in [-0.25, -0.2) is 13.1 Å². The lowest BCUT2D eigenvalue weighted by Gasteiger charge is -2.18. The van der Waals surface area contributed by atoms with Crippen molar-refractivity contribution in [1.29, 1.82) is 0 Å². The summed E-state index contributed by atoms with van der Waals surface area (Å²) in [6.07, 6.45) is 0.567. The number of non-ortho nitro benzene ring substituents is 1. The number of rotatable bonds is 6. The molecule has 0 amide bonds. The first-order valence-corrected chi connectivity index (χ1v) is 8.65. The van der Waals surface area contributed by atoms with Crippen LogP contribution in [-0.4, -0.2) is 13.3 Å². The number of nitrogens with one attached hydrogen (secondary N) is 1. The molecule has 0 bridgehead atoms. The summed E-state index contributed by atoms with van der Waals surface area (Å²) in [5, 5.41) is 10.9. The molecule has 0 aromatic heterocycles. The zero-order valence-electron chi connectivity index (χ0n) is 12.9. The molecule has 0 fully saturated rings. The fourth-order valence-corrected chi connectivity index (χ4v) is 3.89. The molecule has 0 aliphatic rings. The second-order valence-electron chi connectivity index (χ2n) is 5.20. The molecule has 2 rings (SSSR count). The fraction of sp³-hybridized carbons (Fsp3) is 0.250. The zero-order valence-corrected chi connectivity index (χ0v) is 13.7. The summed E-state index contributed by atoms with van der Waals surface area (Å²) in [6, 6.07) is 12.7. The first-order valence-electron chi connectivity index (χ1n) is 7.17. The highest BCUT2D eigenvalue weighted by molar-refractivity contribution is 7.89. The van der Waals surface area contributed by atoms with E-state index in [1.807, 2.05) is 37.3 Å². The van der Waals surface area contributed by atoms with Crippen LogP contribution in [0.4, 0.5) is 5.69 Å². The third-order valence-corrected chi connectivity index (χ3v) is 5.19. The van der Waals surface area contributed by atoms with Crippen LogP contribution >= 0.6 is 0 Å². The molecule has 122 valence electrons. The predicted octanol–water partition coefficient (Wildman–Crippen LogP) is 3.33. The highest BCUT2D eigenvalue weighted by Crippen LogP contribution is 2.25. The van der Waals surface area contributed by atoms with Crippen LogP contribution in [0.5, 0.6) is 0 Å². The summed E-state index contributed by atoms with van der Waals surface area (Å²) in [4.78, 5) is 10.2. The Balaban J connectivity index is 2.38. The van der Waals surface area contributed by atoms with Gasteiger partial charge in [-0.1, -0.05) is 43.3 Å². The maximum Gasteiger partial charge on any atom is 0.270 e. The van der Waals surface area contributed by atoms with Crippen molar-refractivity contribution >= 4 is 15.7 Å². The standard InChI is InChI=1S/C16H18N2O4S/c1-3-15(13-7-5-4-6-8-13)17-23(21,22)16-11-14(18(19)20)10-9-12(16)2/h4-11,15,17H,3H2,1-2H3. The topological polar surface area (TPSA) is 89.3 Å². The first kappa shape index (κ1) is 17.1. The molecule has 23 heavy (non-hydrogen) atoms. The Hall–Kier alpha value is -2.25. The van der Waals surface area contributed by atoms with Gasteiger partial charge >= 0.3 is 0 Å². The van der Waals surface area contributed by atoms with Crippen molar-refractivity contribution in [3.63, 3.8) is 0 Å². The molecule has 1 unspecified atom stereocenters. The fourth-order valence-electron chi connectivity index (χ4n) is 2.32. The van der Waals surface area contributed by atoms with Crippen LogP contribution in [0.1, 0.15) is 30.5 Å². The summed E-state index contributed by atoms with van der Waals surface area (Å²) >= 11 is 0. The molecule has 2 aromatic rings. The largest absolute Gasteiger partial charge is 0.270 e. The zero-order chi connectivity index (χ0) is 17.0. The summed E-state index contributed by atoms with van der Waals surface area (Å²) in [6.45, 7) is 3.49. The minimum atomic E-state index is -3.86. The van der Waals surface area contributed by atoms with Crippen molar-refractivity contribution in [2.75, 3.05) is 0 Å². The van der Waals surface area contributed by atoms with Gasteiger partial charge in [0, 0.05) is 18.2 Å². The maximum absolute atomic E-state index is 12.6. The molecule has 0 aliphatic heterocycles. The third kappa shape index (κ3) is 3.94. The molecule has 2 aromatic carbocycles. The molecular weight excluding hydrogens is 316 g/mol. The van der Waals surface area contributed by atoms with Crippen LogP contribution in [0.2, 0.25) is 0 Å². The number of sulfonamides is 1. The lowest BCUT2D eigenvalue weighted by Crippen LogP contribution is -2.29. The lowest BCUT2D eigenvalue weighted by atomic mass is 10.1. The molecule has 1 N–H and O–H groups in total. The van der Waals surface area contributed by atoms with Crippen molar-refractivity contribution in [3.8, 4) is 0 Å². The molecule has 1 atom stereocenters. The molecule has 0 saturated heterocycles. The van der Waals surface area contributed by atoms with Crippen molar-refractivity contribution in [1.82, 2.24) is 4.72 Å². The van der Waals surface area contributed by atoms with Gasteiger partial charge in [0.2, 0.25) is 10.0 Å². The van der Waals surface area contributed by atoms with E-state index in [1.165, 1.54) is 12.1 Å². The molecule has 0 radical (unpaired) electrons. The Morgan fingerprint density at radius 1 is 1.17 bits per heavy atom. The van der Waals surface area contributed by atoms with E-state index < -0.39 is 14.9 Å². The van der Waals surface area contributed by atoms with Crippen LogP contribution < -0.4 is 4.72 Å². The van der Waals surface area contributed by atoms with Gasteiger partial charge < -0.3 is 0 Å². The van der Waals surface area contributed by atoms with Crippen molar-refractivity contribution < 1.29 is 13.3 Å². The monoisotopic (exact) mass is 334 g/mol. The van der Waals surface area contributed by atoms with Crippen molar-refractivity contribution in [2.24, 2.45) is 0 Å². The molecule has 7 heteroatoms. The molecule has 0 saturated carbocycles. The summed E-state index contributed by atoms with van der Waals surface area (Å²) in [5.74, 6) is 0. The summed E-state index contributed by atoms with van der Waals surface area (Å²) in [5.41, 5.74) is 1.07. The summed E-state index contributed by atoms with van der Waals surface area (Å²) in [7, 11) is -3.86. The van der Waals surface area contributed by atoms with E-state index in [0.717, 1.165) is 11.6 Å². The van der Waals surface area contributed by atoms with E-state index in [1.54, 1.807) is 6.92 Å². The normalized spacial score (nSPS) is 12.8. The van der Waals surface area contributed by atoms with Crippen molar-refractivity contribution in [2.45, 2.75) is 31.2 Å². The number of nitro groups is 1. The van der Waals surface area contributed by atoms with Crippen LogP contribution in [0.3, 0.4) is 0 Å². The van der Waals surface area contributed by atoms with Gasteiger partial charge in [0.1, 0.15) is 0 Å². The van der Waals surface area contributed by atoms with Gasteiger partial charge in [-0.15, -0.1) is 0 Å². The van der Waals surface area contributed by atoms with Crippen LogP contribution in [0, 0.1) is 17.0 Å². The van der Waals surface area contributed by atoms with Gasteiger partial charge in [-0.2, -0.15) is 0 Å². The van der Waals surface area contributed by atoms with E-state index in [2.05, 4.69) is 4.72 Å². The number of hydrogen-bond donors (Lipinski definition) is 1. The van der Waals surface area contributed by atoms with Crippen LogP contribution in [0.15, 0.2) is 53.4 Å². The SMILES string of the molecule is CCC(NS(=O)(=O)c1cc([N+](=O)[O-])ccc1C)c1ccccc1. The Labute approximate surface area is 135 Å². The quantitative estimate of drug-likeness (QED) is 0.648. The predicted molar refractivity (Wildman–Crippen MR) is 87.6 cm³/mol. The Morgan fingerprint density at radius 3 is 2.39 bits per heavy atom. The number of hydrogen-bond acceptors (Lipinski definition) is 4. The molecular formula is C16H18N2O4S. The Kier molecular flexibility index (Phi) is 5.12. The van der Waals surface area contributed by atoms with E-state index in [9.17, 15) is 18.5 Å². The number of nitro benzene ring substituents is 1. The van der Waals surface area contributed by atoms with Gasteiger partial charge in [0.25, 0.3) is 5.69 Å². The smallest absolute Gasteiger partial charge is 0.258 e. The van der Waals surface area contributed by atoms with Crippen molar-refractivity contribution in [3.05, 3.63) is 69.8 Å². The van der Waals surface area contributed by atoms with Gasteiger partial charge in [-0.05, 0) is 24.5 Å². The highest BCUT2D eigenvalue weighted by Gasteiger charge is 2.24. The van der Waals surface area contributed by atoms with Gasteiger partial charge in [0.05, 0.1) is 9.82 Å². The van der Waals surface area contributed by atoms with E-state index >= 15 is 0 Å². The Morgan fingerprint density at radius 2 is 1.83 bits per heavy atom. The number of benzene rings is 2. The second kappa shape index (κ2) is 6.89. The minimum Gasteiger partial charge on any atom is -0.258 e. The average Bonchev–Trinajstić information content (AvgIpc) is 2.53. The summed E-state index contributed by atoms with van der Waals surface area (Å²) < 4.78 is 27.9. The number of aryl methyl sites for hydroxylation is 1. The molecule has 6 nitrogen and oxygen atoms in total. The lowest BCUT2D eigenvalue weighted by molar-refractivity contribution is -0.385. The second-order valence-corrected chi connectivity index (χ2v) is 6.88. The minimum absolute atomic E-state index is 0.0684. The van der Waals surface area contributed by atoms with E-state index in [-0.39, 0.29) is 16.6 Å². The third-order valence-electron chi connectivity index (χ3n) is 3.58. The average molecular weight is 334 g/mol. The molecule has 0 heterocycles. The molecule has 0 aliphatic carbocycles. The highest BCUT2D eigenvalue weighted by atomic mass is 32.2. The number of nitrogens with zero attached hydrogens (tertiary/aromatic N) is 1.